The average Bonchev–Trinajstić information content (AvgIpc) is 3.34. The second-order valence-electron chi connectivity index (χ2n) is 7.44. The van der Waals surface area contributed by atoms with E-state index in [1.54, 1.807) is 47.6 Å². The van der Waals surface area contributed by atoms with E-state index in [4.69, 9.17) is 9.72 Å². The smallest absolute Gasteiger partial charge is 0.262 e. The SMILES string of the molecule is COc1ccc2nc(N3CCN(C(=O)CN4C(=O)c5ccccc5C4=O)CC3)sc2c1. The van der Waals surface area contributed by atoms with Crippen molar-refractivity contribution in [2.75, 3.05) is 44.7 Å². The Bertz CT molecular complexity index is 1160. The van der Waals surface area contributed by atoms with Crippen LogP contribution in [0, 0.1) is 0 Å². The minimum Gasteiger partial charge on any atom is -0.497 e. The molecule has 0 unspecified atom stereocenters. The molecule has 3 heterocycles. The zero-order chi connectivity index (χ0) is 21.5. The van der Waals surface area contributed by atoms with E-state index in [1.165, 1.54) is 0 Å². The summed E-state index contributed by atoms with van der Waals surface area (Å²) in [6.45, 7) is 2.09. The number of hydrogen-bond donors (Lipinski definition) is 0. The maximum Gasteiger partial charge on any atom is 0.262 e. The van der Waals surface area contributed by atoms with E-state index in [9.17, 15) is 14.4 Å². The molecule has 1 aromatic heterocycles. The van der Waals surface area contributed by atoms with Gasteiger partial charge in [0.2, 0.25) is 5.91 Å². The molecule has 31 heavy (non-hydrogen) atoms. The van der Waals surface area contributed by atoms with Gasteiger partial charge in [0.25, 0.3) is 11.8 Å². The molecule has 0 radical (unpaired) electrons. The van der Waals surface area contributed by atoms with Crippen molar-refractivity contribution in [2.45, 2.75) is 0 Å². The first-order valence-electron chi connectivity index (χ1n) is 9.97. The number of aromatic nitrogens is 1. The van der Waals surface area contributed by atoms with Crippen LogP contribution in [0.3, 0.4) is 0 Å². The van der Waals surface area contributed by atoms with Crippen molar-refractivity contribution >= 4 is 44.4 Å². The first-order valence-corrected chi connectivity index (χ1v) is 10.8. The van der Waals surface area contributed by atoms with Crippen LogP contribution in [-0.4, -0.2) is 72.3 Å². The summed E-state index contributed by atoms with van der Waals surface area (Å²) in [6, 6.07) is 12.5. The zero-order valence-corrected chi connectivity index (χ0v) is 17.7. The summed E-state index contributed by atoms with van der Waals surface area (Å²) < 4.78 is 6.33. The van der Waals surface area contributed by atoms with Crippen molar-refractivity contribution in [3.05, 3.63) is 53.6 Å². The van der Waals surface area contributed by atoms with Crippen LogP contribution in [0.25, 0.3) is 10.2 Å². The molecule has 5 rings (SSSR count). The second-order valence-corrected chi connectivity index (χ2v) is 8.45. The van der Waals surface area contributed by atoms with Crippen molar-refractivity contribution in [1.82, 2.24) is 14.8 Å². The monoisotopic (exact) mass is 436 g/mol. The molecule has 0 spiro atoms. The summed E-state index contributed by atoms with van der Waals surface area (Å²) in [5.74, 6) is -0.232. The van der Waals surface area contributed by atoms with Gasteiger partial charge in [0.05, 0.1) is 28.5 Å². The Morgan fingerprint density at radius 2 is 1.71 bits per heavy atom. The lowest BCUT2D eigenvalue weighted by molar-refractivity contribution is -0.131. The number of carbonyl (C=O) groups is 3. The number of imide groups is 1. The molecule has 3 amide bonds. The number of methoxy groups -OCH3 is 1. The van der Waals surface area contributed by atoms with Gasteiger partial charge in [0.1, 0.15) is 12.3 Å². The Hall–Kier alpha value is -3.46. The molecule has 8 nitrogen and oxygen atoms in total. The maximum atomic E-state index is 12.8. The average molecular weight is 436 g/mol. The van der Waals surface area contributed by atoms with Crippen LogP contribution < -0.4 is 9.64 Å². The number of ether oxygens (including phenoxy) is 1. The Kier molecular flexibility index (Phi) is 4.82. The van der Waals surface area contributed by atoms with Gasteiger partial charge in [-0.25, -0.2) is 4.98 Å². The number of anilines is 1. The quantitative estimate of drug-likeness (QED) is 0.584. The highest BCUT2D eigenvalue weighted by Crippen LogP contribution is 2.32. The Balaban J connectivity index is 1.22. The molecule has 2 aliphatic rings. The zero-order valence-electron chi connectivity index (χ0n) is 16.9. The lowest BCUT2D eigenvalue weighted by Gasteiger charge is -2.35. The minimum absolute atomic E-state index is 0.219. The minimum atomic E-state index is -0.405. The topological polar surface area (TPSA) is 83.1 Å². The van der Waals surface area contributed by atoms with E-state index in [2.05, 4.69) is 4.90 Å². The molecular weight excluding hydrogens is 416 g/mol. The van der Waals surface area contributed by atoms with Gasteiger partial charge in [-0.2, -0.15) is 0 Å². The highest BCUT2D eigenvalue weighted by molar-refractivity contribution is 7.22. The highest BCUT2D eigenvalue weighted by atomic mass is 32.1. The van der Waals surface area contributed by atoms with Crippen LogP contribution in [-0.2, 0) is 4.79 Å². The summed E-state index contributed by atoms with van der Waals surface area (Å²) in [5.41, 5.74) is 1.64. The molecule has 3 aromatic rings. The van der Waals surface area contributed by atoms with E-state index >= 15 is 0 Å². The molecule has 1 saturated heterocycles. The lowest BCUT2D eigenvalue weighted by Crippen LogP contribution is -2.51. The molecule has 2 aromatic carbocycles. The van der Waals surface area contributed by atoms with Gasteiger partial charge < -0.3 is 14.5 Å². The van der Waals surface area contributed by atoms with Gasteiger partial charge in [-0.15, -0.1) is 0 Å². The van der Waals surface area contributed by atoms with Gasteiger partial charge in [-0.05, 0) is 30.3 Å². The molecule has 0 atom stereocenters. The van der Waals surface area contributed by atoms with E-state index in [0.717, 1.165) is 26.0 Å². The van der Waals surface area contributed by atoms with Crippen molar-refractivity contribution in [2.24, 2.45) is 0 Å². The fraction of sp³-hybridized carbons (Fsp3) is 0.273. The highest BCUT2D eigenvalue weighted by Gasteiger charge is 2.37. The van der Waals surface area contributed by atoms with Crippen molar-refractivity contribution < 1.29 is 19.1 Å². The molecule has 2 aliphatic heterocycles. The Labute approximate surface area is 182 Å². The molecule has 9 heteroatoms. The molecule has 0 N–H and O–H groups in total. The van der Waals surface area contributed by atoms with Gasteiger partial charge in [0, 0.05) is 26.2 Å². The number of thiazole rings is 1. The second kappa shape index (κ2) is 7.66. The molecule has 0 saturated carbocycles. The van der Waals surface area contributed by atoms with E-state index in [-0.39, 0.29) is 12.5 Å². The molecule has 158 valence electrons. The van der Waals surface area contributed by atoms with Gasteiger partial charge in [0.15, 0.2) is 5.13 Å². The van der Waals surface area contributed by atoms with Crippen LogP contribution in [0.2, 0.25) is 0 Å². The van der Waals surface area contributed by atoms with Crippen LogP contribution >= 0.6 is 11.3 Å². The van der Waals surface area contributed by atoms with Gasteiger partial charge >= 0.3 is 0 Å². The third kappa shape index (κ3) is 3.40. The predicted molar refractivity (Wildman–Crippen MR) is 117 cm³/mol. The maximum absolute atomic E-state index is 12.8. The first-order chi connectivity index (χ1) is 15.0. The van der Waals surface area contributed by atoms with Crippen molar-refractivity contribution in [1.29, 1.82) is 0 Å². The predicted octanol–water partition coefficient (Wildman–Crippen LogP) is 2.25. The van der Waals surface area contributed by atoms with E-state index < -0.39 is 11.8 Å². The normalized spacial score (nSPS) is 16.2. The molecule has 0 aliphatic carbocycles. The van der Waals surface area contributed by atoms with Crippen molar-refractivity contribution in [3.8, 4) is 5.75 Å². The first kappa shape index (κ1) is 19.5. The number of fused-ring (bicyclic) bond motifs is 2. The number of rotatable bonds is 4. The number of carbonyl (C=O) groups excluding carboxylic acids is 3. The van der Waals surface area contributed by atoms with E-state index in [1.807, 2.05) is 18.2 Å². The van der Waals surface area contributed by atoms with Gasteiger partial charge in [-0.3, -0.25) is 19.3 Å². The summed E-state index contributed by atoms with van der Waals surface area (Å²) >= 11 is 1.60. The summed E-state index contributed by atoms with van der Waals surface area (Å²) in [4.78, 5) is 47.4. The number of nitrogens with zero attached hydrogens (tertiary/aromatic N) is 4. The standard InChI is InChI=1S/C22H20N4O4S/c1-30-14-6-7-17-18(12-14)31-22(23-17)25-10-8-24(9-11-25)19(27)13-26-20(28)15-4-2-3-5-16(15)21(26)29/h2-7,12H,8-11,13H2,1H3. The number of benzene rings is 2. The molecule has 0 bridgehead atoms. The number of hydrogen-bond acceptors (Lipinski definition) is 7. The van der Waals surface area contributed by atoms with Crippen LogP contribution in [0.5, 0.6) is 5.75 Å². The molecule has 1 fully saturated rings. The van der Waals surface area contributed by atoms with E-state index in [0.29, 0.717) is 37.3 Å². The number of amides is 3. The largest absolute Gasteiger partial charge is 0.497 e. The van der Waals surface area contributed by atoms with Crippen molar-refractivity contribution in [3.63, 3.8) is 0 Å². The fourth-order valence-electron chi connectivity index (χ4n) is 3.92. The van der Waals surface area contributed by atoms with Crippen LogP contribution in [0.4, 0.5) is 5.13 Å². The summed E-state index contributed by atoms with van der Waals surface area (Å²) in [5, 5.41) is 0.913. The third-order valence-electron chi connectivity index (χ3n) is 5.66. The summed E-state index contributed by atoms with van der Waals surface area (Å²) in [6.07, 6.45) is 0. The Morgan fingerprint density at radius 1 is 1.03 bits per heavy atom. The van der Waals surface area contributed by atoms with Crippen LogP contribution in [0.1, 0.15) is 20.7 Å². The summed E-state index contributed by atoms with van der Waals surface area (Å²) in [7, 11) is 1.64. The molecular formula is C22H20N4O4S. The van der Waals surface area contributed by atoms with Crippen LogP contribution in [0.15, 0.2) is 42.5 Å². The number of piperazine rings is 1. The fourth-order valence-corrected chi connectivity index (χ4v) is 4.97. The Morgan fingerprint density at radius 3 is 2.35 bits per heavy atom. The third-order valence-corrected chi connectivity index (χ3v) is 6.74. The lowest BCUT2D eigenvalue weighted by atomic mass is 10.1. The van der Waals surface area contributed by atoms with Gasteiger partial charge in [-0.1, -0.05) is 23.5 Å².